The van der Waals surface area contributed by atoms with Crippen molar-refractivity contribution in [3.63, 3.8) is 0 Å². The third-order valence-corrected chi connectivity index (χ3v) is 13.8. The van der Waals surface area contributed by atoms with E-state index in [0.717, 1.165) is 48.3 Å². The summed E-state index contributed by atoms with van der Waals surface area (Å²) in [6.07, 6.45) is 5.66. The van der Waals surface area contributed by atoms with Gasteiger partial charge in [0, 0.05) is 42.8 Å². The number of fused-ring (bicyclic) bond motifs is 2. The van der Waals surface area contributed by atoms with Crippen molar-refractivity contribution in [2.75, 3.05) is 24.6 Å². The SMILES string of the molecule is C[C@@H]1OCC2(CCN(c3nc4cnn(-c5ccc6ccn(C)c6c5)c4nc3COS(=O)C(C)(C)C)CC2)C1[Si]=N[S+]([O-])C(C)(C)C. The van der Waals surface area contributed by atoms with Gasteiger partial charge in [-0.1, -0.05) is 6.07 Å². The molecule has 0 saturated carbocycles. The van der Waals surface area contributed by atoms with E-state index in [0.29, 0.717) is 23.5 Å². The van der Waals surface area contributed by atoms with Gasteiger partial charge in [0.1, 0.15) is 22.6 Å². The second kappa shape index (κ2) is 12.5. The maximum atomic E-state index is 12.9. The molecular weight excluding hydrogens is 639 g/mol. The van der Waals surface area contributed by atoms with E-state index in [2.05, 4.69) is 43.7 Å². The summed E-state index contributed by atoms with van der Waals surface area (Å²) in [5, 5.41) is 5.84. The number of ether oxygens (including phenoxy) is 1. The zero-order valence-corrected chi connectivity index (χ0v) is 30.6. The van der Waals surface area contributed by atoms with Gasteiger partial charge in [-0.2, -0.15) is 5.10 Å². The lowest BCUT2D eigenvalue weighted by Crippen LogP contribution is -2.44. The van der Waals surface area contributed by atoms with E-state index >= 15 is 0 Å². The summed E-state index contributed by atoms with van der Waals surface area (Å²) in [5.74, 6) is 0.732. The highest BCUT2D eigenvalue weighted by Crippen LogP contribution is 2.50. The number of aryl methyl sites for hydroxylation is 1. The van der Waals surface area contributed by atoms with E-state index in [-0.39, 0.29) is 37.7 Å². The van der Waals surface area contributed by atoms with Crippen LogP contribution in [0.4, 0.5) is 5.82 Å². The highest BCUT2D eigenvalue weighted by atomic mass is 32.2. The number of hydrogen-bond donors (Lipinski definition) is 0. The highest BCUT2D eigenvalue weighted by molar-refractivity contribution is 7.91. The van der Waals surface area contributed by atoms with Crippen LogP contribution in [0.3, 0.4) is 0 Å². The molecule has 4 atom stereocenters. The first-order valence-electron chi connectivity index (χ1n) is 15.8. The minimum Gasteiger partial charge on any atom is -0.592 e. The van der Waals surface area contributed by atoms with Crippen LogP contribution in [0.5, 0.6) is 0 Å². The molecule has 2 saturated heterocycles. The molecule has 46 heavy (non-hydrogen) atoms. The van der Waals surface area contributed by atoms with Crippen LogP contribution >= 0.6 is 0 Å². The quantitative estimate of drug-likeness (QED) is 0.187. The summed E-state index contributed by atoms with van der Waals surface area (Å²) in [5.41, 5.74) is 4.12. The van der Waals surface area contributed by atoms with Crippen LogP contribution in [0.15, 0.2) is 40.7 Å². The first kappa shape index (κ1) is 33.4. The molecule has 14 heteroatoms. The van der Waals surface area contributed by atoms with E-state index in [1.807, 2.05) is 65.5 Å². The number of benzene rings is 1. The Hall–Kier alpha value is -2.49. The molecule has 0 N–H and O–H groups in total. The predicted octanol–water partition coefficient (Wildman–Crippen LogP) is 5.43. The minimum absolute atomic E-state index is 0.0255. The Labute approximate surface area is 279 Å². The molecule has 0 amide bonds. The van der Waals surface area contributed by atoms with Gasteiger partial charge in [0.25, 0.3) is 0 Å². The fraction of sp³-hybridized carbons (Fsp3) is 0.594. The van der Waals surface area contributed by atoms with Crippen molar-refractivity contribution in [2.24, 2.45) is 16.5 Å². The lowest BCUT2D eigenvalue weighted by Gasteiger charge is -2.41. The average Bonchev–Trinajstić information content (AvgIpc) is 3.68. The average molecular weight is 683 g/mol. The molecule has 1 spiro atoms. The molecule has 11 nitrogen and oxygen atoms in total. The lowest BCUT2D eigenvalue weighted by atomic mass is 9.76. The Morgan fingerprint density at radius 1 is 1.17 bits per heavy atom. The molecule has 0 aliphatic carbocycles. The molecule has 2 aliphatic rings. The van der Waals surface area contributed by atoms with Gasteiger partial charge < -0.3 is 18.8 Å². The van der Waals surface area contributed by atoms with Gasteiger partial charge in [0.15, 0.2) is 22.5 Å². The van der Waals surface area contributed by atoms with Crippen molar-refractivity contribution in [3.8, 4) is 5.69 Å². The van der Waals surface area contributed by atoms with Crippen LogP contribution in [0.1, 0.15) is 67.0 Å². The molecule has 5 heterocycles. The maximum Gasteiger partial charge on any atom is 0.235 e. The van der Waals surface area contributed by atoms with Gasteiger partial charge in [0.05, 0.1) is 40.7 Å². The van der Waals surface area contributed by atoms with Crippen LogP contribution in [0, 0.1) is 5.41 Å². The van der Waals surface area contributed by atoms with Crippen LogP contribution in [0.25, 0.3) is 27.8 Å². The number of nitrogens with zero attached hydrogens (tertiary/aromatic N) is 7. The standard InChI is InChI=1S/C32H44N7O4S2Si/c1-21-27(46-36-44(40)30(2,3)4)32(20-42-21)12-15-38(16-13-32)28-25(19-43-45(41)31(5,6)7)35-29-24(34-28)18-33-39(29)23-10-9-22-11-14-37(8)26(22)17-23/h9-11,14,17-18,21,27H,12-13,15-16,19-20H2,1-8H3/t21-,27?,44?,45?/m0/s1. The topological polar surface area (TPSA) is 123 Å². The number of hydrogen-bond acceptors (Lipinski definition) is 9. The Morgan fingerprint density at radius 2 is 1.91 bits per heavy atom. The molecule has 0 bridgehead atoms. The summed E-state index contributed by atoms with van der Waals surface area (Å²) in [6, 6.07) is 8.29. The maximum absolute atomic E-state index is 12.9. The van der Waals surface area contributed by atoms with Crippen LogP contribution < -0.4 is 4.90 Å². The predicted molar refractivity (Wildman–Crippen MR) is 185 cm³/mol. The monoisotopic (exact) mass is 682 g/mol. The van der Waals surface area contributed by atoms with Crippen LogP contribution in [-0.2, 0) is 45.0 Å². The second-order valence-electron chi connectivity index (χ2n) is 14.5. The number of rotatable bonds is 7. The number of piperidine rings is 1. The zero-order valence-electron chi connectivity index (χ0n) is 27.9. The highest BCUT2D eigenvalue weighted by Gasteiger charge is 2.50. The van der Waals surface area contributed by atoms with E-state index in [1.165, 1.54) is 0 Å². The van der Waals surface area contributed by atoms with Gasteiger partial charge in [-0.05, 0) is 84.9 Å². The Kier molecular flexibility index (Phi) is 9.09. The fourth-order valence-corrected chi connectivity index (χ4v) is 9.62. The van der Waals surface area contributed by atoms with E-state index in [9.17, 15) is 8.76 Å². The molecular formula is C32H44N7O4S2Si. The van der Waals surface area contributed by atoms with Crippen LogP contribution in [0.2, 0.25) is 5.54 Å². The van der Waals surface area contributed by atoms with E-state index < -0.39 is 27.2 Å². The van der Waals surface area contributed by atoms with Gasteiger partial charge in [-0.15, -0.1) is 4.04 Å². The van der Waals surface area contributed by atoms with Gasteiger partial charge in [-0.3, -0.25) is 4.18 Å². The number of aromatic nitrogens is 5. The van der Waals surface area contributed by atoms with Crippen molar-refractivity contribution in [1.29, 1.82) is 0 Å². The molecule has 247 valence electrons. The Balaban J connectivity index is 1.31. The van der Waals surface area contributed by atoms with Gasteiger partial charge >= 0.3 is 0 Å². The lowest BCUT2D eigenvalue weighted by molar-refractivity contribution is 0.0975. The Morgan fingerprint density at radius 3 is 2.61 bits per heavy atom. The van der Waals surface area contributed by atoms with Crippen LogP contribution in [-0.4, -0.2) is 77.7 Å². The molecule has 1 radical (unpaired) electrons. The summed E-state index contributed by atoms with van der Waals surface area (Å²) < 4.78 is 45.4. The van der Waals surface area contributed by atoms with E-state index in [1.54, 1.807) is 6.20 Å². The summed E-state index contributed by atoms with van der Waals surface area (Å²) in [7, 11) is 2.25. The van der Waals surface area contributed by atoms with Gasteiger partial charge in [-0.25, -0.2) is 18.9 Å². The zero-order chi connectivity index (χ0) is 33.0. The van der Waals surface area contributed by atoms with E-state index in [4.69, 9.17) is 18.9 Å². The molecule has 6 rings (SSSR count). The molecule has 2 aliphatic heterocycles. The Bertz CT molecular complexity index is 1790. The molecule has 3 unspecified atom stereocenters. The molecule has 2 fully saturated rings. The number of anilines is 1. The first-order valence-corrected chi connectivity index (χ1v) is 19.0. The largest absolute Gasteiger partial charge is 0.592 e. The molecule has 3 aromatic heterocycles. The minimum atomic E-state index is -1.52. The van der Waals surface area contributed by atoms with Crippen molar-refractivity contribution in [1.82, 2.24) is 24.3 Å². The third kappa shape index (κ3) is 6.48. The van der Waals surface area contributed by atoms with Crippen molar-refractivity contribution in [2.45, 2.75) is 89.1 Å². The molecule has 4 aromatic rings. The third-order valence-electron chi connectivity index (χ3n) is 8.99. The summed E-state index contributed by atoms with van der Waals surface area (Å²) in [4.78, 5) is 12.4. The fourth-order valence-electron chi connectivity index (χ4n) is 6.16. The summed E-state index contributed by atoms with van der Waals surface area (Å²) in [6.45, 7) is 15.9. The van der Waals surface area contributed by atoms with Crippen molar-refractivity contribution >= 4 is 59.6 Å². The van der Waals surface area contributed by atoms with Crippen molar-refractivity contribution < 1.29 is 17.7 Å². The smallest absolute Gasteiger partial charge is 0.235 e. The first-order chi connectivity index (χ1) is 21.7. The normalized spacial score (nSPS) is 22.1. The van der Waals surface area contributed by atoms with Crippen molar-refractivity contribution in [3.05, 3.63) is 42.4 Å². The second-order valence-corrected chi connectivity index (χ2v) is 19.7. The van der Waals surface area contributed by atoms with Gasteiger partial charge in [0.2, 0.25) is 9.31 Å². The molecule has 1 aromatic carbocycles. The summed E-state index contributed by atoms with van der Waals surface area (Å²) >= 11 is -2.77.